The standard InChI is InChI=1S/C11H13F2N5O2/c12-11(13)20-8-4-2-1-3-7(8)9(10(14)19)16-5-6-17-18-15/h1-4,9,11,16H,5-6H2,(H2,14,19). The first-order chi connectivity index (χ1) is 9.56. The zero-order chi connectivity index (χ0) is 15.0. The van der Waals surface area contributed by atoms with Crippen LogP contribution in [0.25, 0.3) is 10.4 Å². The van der Waals surface area contributed by atoms with Gasteiger partial charge in [-0.25, -0.2) is 0 Å². The molecule has 1 atom stereocenters. The number of carbonyl (C=O) groups is 1. The fourth-order valence-electron chi connectivity index (χ4n) is 1.59. The SMILES string of the molecule is [N-]=[N+]=NCCNC(C(N)=O)c1ccccc1OC(F)F. The van der Waals surface area contributed by atoms with Crippen LogP contribution in [0.4, 0.5) is 8.78 Å². The van der Waals surface area contributed by atoms with E-state index in [4.69, 9.17) is 11.3 Å². The summed E-state index contributed by atoms with van der Waals surface area (Å²) in [4.78, 5) is 14.0. The lowest BCUT2D eigenvalue weighted by Crippen LogP contribution is -2.35. The second kappa shape index (κ2) is 7.93. The van der Waals surface area contributed by atoms with Crippen LogP contribution in [0, 0.1) is 0 Å². The number of primary amides is 1. The number of carbonyl (C=O) groups excluding carboxylic acids is 1. The maximum Gasteiger partial charge on any atom is 0.387 e. The fraction of sp³-hybridized carbons (Fsp3) is 0.364. The molecule has 0 saturated carbocycles. The second-order valence-electron chi connectivity index (χ2n) is 3.66. The lowest BCUT2D eigenvalue weighted by molar-refractivity contribution is -0.120. The number of nitrogens with two attached hydrogens (primary N) is 1. The van der Waals surface area contributed by atoms with Crippen LogP contribution < -0.4 is 15.8 Å². The molecule has 0 aliphatic carbocycles. The van der Waals surface area contributed by atoms with Gasteiger partial charge >= 0.3 is 6.61 Å². The Bertz CT molecular complexity index is 505. The van der Waals surface area contributed by atoms with E-state index >= 15 is 0 Å². The Hall–Kier alpha value is -2.38. The first kappa shape index (κ1) is 15.7. The summed E-state index contributed by atoms with van der Waals surface area (Å²) in [6.07, 6.45) is 0. The van der Waals surface area contributed by atoms with Crippen LogP contribution in [0.2, 0.25) is 0 Å². The van der Waals surface area contributed by atoms with Crippen molar-refractivity contribution in [3.63, 3.8) is 0 Å². The second-order valence-corrected chi connectivity index (χ2v) is 3.66. The van der Waals surface area contributed by atoms with Crippen LogP contribution >= 0.6 is 0 Å². The maximum atomic E-state index is 12.3. The third kappa shape index (κ3) is 4.71. The Morgan fingerprint density at radius 3 is 2.80 bits per heavy atom. The molecule has 0 radical (unpaired) electrons. The number of nitrogens with zero attached hydrogens (tertiary/aromatic N) is 3. The van der Waals surface area contributed by atoms with Gasteiger partial charge in [-0.1, -0.05) is 23.3 Å². The minimum atomic E-state index is -3.01. The van der Waals surface area contributed by atoms with Gasteiger partial charge in [0.1, 0.15) is 11.8 Å². The highest BCUT2D eigenvalue weighted by Gasteiger charge is 2.22. The van der Waals surface area contributed by atoms with Crippen molar-refractivity contribution in [2.24, 2.45) is 10.8 Å². The van der Waals surface area contributed by atoms with Crippen LogP contribution in [0.1, 0.15) is 11.6 Å². The first-order valence-electron chi connectivity index (χ1n) is 5.63. The summed E-state index contributed by atoms with van der Waals surface area (Å²) >= 11 is 0. The molecule has 9 heteroatoms. The van der Waals surface area contributed by atoms with Gasteiger partial charge in [-0.2, -0.15) is 8.78 Å². The van der Waals surface area contributed by atoms with E-state index < -0.39 is 18.6 Å². The molecule has 0 heterocycles. The summed E-state index contributed by atoms with van der Waals surface area (Å²) in [5.41, 5.74) is 13.6. The number of hydrogen-bond acceptors (Lipinski definition) is 4. The Morgan fingerprint density at radius 1 is 1.50 bits per heavy atom. The molecule has 1 amide bonds. The van der Waals surface area contributed by atoms with E-state index in [0.717, 1.165) is 0 Å². The van der Waals surface area contributed by atoms with Gasteiger partial charge in [0.25, 0.3) is 0 Å². The number of amides is 1. The minimum absolute atomic E-state index is 0.0954. The summed E-state index contributed by atoms with van der Waals surface area (Å²) in [5.74, 6) is -0.890. The lowest BCUT2D eigenvalue weighted by atomic mass is 10.1. The van der Waals surface area contributed by atoms with Crippen molar-refractivity contribution in [3.05, 3.63) is 40.3 Å². The molecule has 0 saturated heterocycles. The molecule has 0 aliphatic rings. The van der Waals surface area contributed by atoms with Gasteiger partial charge in [-0.05, 0) is 11.6 Å². The molecule has 0 aromatic heterocycles. The van der Waals surface area contributed by atoms with Crippen LogP contribution in [-0.4, -0.2) is 25.6 Å². The molecule has 0 fully saturated rings. The number of nitrogens with one attached hydrogen (secondary N) is 1. The Kier molecular flexibility index (Phi) is 6.21. The molecular weight excluding hydrogens is 272 g/mol. The van der Waals surface area contributed by atoms with Crippen molar-refractivity contribution in [1.82, 2.24) is 5.32 Å². The number of alkyl halides is 2. The molecule has 0 spiro atoms. The minimum Gasteiger partial charge on any atom is -0.434 e. The van der Waals surface area contributed by atoms with E-state index in [1.165, 1.54) is 18.2 Å². The number of hydrogen-bond donors (Lipinski definition) is 2. The van der Waals surface area contributed by atoms with E-state index in [0.29, 0.717) is 0 Å². The number of halogens is 2. The average Bonchev–Trinajstić information content (AvgIpc) is 2.39. The summed E-state index contributed by atoms with van der Waals surface area (Å²) < 4.78 is 28.9. The van der Waals surface area contributed by atoms with Gasteiger partial charge in [-0.3, -0.25) is 4.79 Å². The van der Waals surface area contributed by atoms with Gasteiger partial charge < -0.3 is 15.8 Å². The van der Waals surface area contributed by atoms with Crippen molar-refractivity contribution in [3.8, 4) is 5.75 Å². The molecule has 1 rings (SSSR count). The molecular formula is C11H13F2N5O2. The maximum absolute atomic E-state index is 12.3. The fourth-order valence-corrected chi connectivity index (χ4v) is 1.59. The molecule has 7 nitrogen and oxygen atoms in total. The molecule has 0 aliphatic heterocycles. The van der Waals surface area contributed by atoms with Crippen LogP contribution in [0.5, 0.6) is 5.75 Å². The van der Waals surface area contributed by atoms with Crippen molar-refractivity contribution >= 4 is 5.91 Å². The normalized spacial score (nSPS) is 11.8. The summed E-state index contributed by atoms with van der Waals surface area (Å²) in [6, 6.07) is 4.82. The van der Waals surface area contributed by atoms with Crippen LogP contribution in [0.15, 0.2) is 29.4 Å². The van der Waals surface area contributed by atoms with Crippen LogP contribution in [-0.2, 0) is 4.79 Å². The smallest absolute Gasteiger partial charge is 0.387 e. The number of rotatable bonds is 8. The first-order valence-corrected chi connectivity index (χ1v) is 5.63. The average molecular weight is 285 g/mol. The molecule has 20 heavy (non-hydrogen) atoms. The zero-order valence-electron chi connectivity index (χ0n) is 10.4. The quantitative estimate of drug-likeness (QED) is 0.328. The van der Waals surface area contributed by atoms with E-state index in [9.17, 15) is 13.6 Å². The Labute approximate surface area is 113 Å². The topological polar surface area (TPSA) is 113 Å². The van der Waals surface area contributed by atoms with Crippen molar-refractivity contribution in [1.29, 1.82) is 0 Å². The van der Waals surface area contributed by atoms with E-state index in [1.54, 1.807) is 6.07 Å². The number of azide groups is 1. The molecule has 108 valence electrons. The zero-order valence-corrected chi connectivity index (χ0v) is 10.4. The summed E-state index contributed by atoms with van der Waals surface area (Å²) in [7, 11) is 0. The Morgan fingerprint density at radius 2 is 2.20 bits per heavy atom. The molecule has 1 aromatic carbocycles. The monoisotopic (exact) mass is 285 g/mol. The third-order valence-electron chi connectivity index (χ3n) is 2.35. The predicted molar refractivity (Wildman–Crippen MR) is 67.0 cm³/mol. The highest BCUT2D eigenvalue weighted by molar-refractivity contribution is 5.82. The molecule has 1 unspecified atom stereocenters. The van der Waals surface area contributed by atoms with Gasteiger partial charge in [0, 0.05) is 23.6 Å². The number of ether oxygens (including phenoxy) is 1. The van der Waals surface area contributed by atoms with Crippen LogP contribution in [0.3, 0.4) is 0 Å². The summed E-state index contributed by atoms with van der Waals surface area (Å²) in [5, 5.41) is 6.00. The number of benzene rings is 1. The van der Waals surface area contributed by atoms with E-state index in [2.05, 4.69) is 20.1 Å². The Balaban J connectivity index is 2.90. The van der Waals surface area contributed by atoms with Gasteiger partial charge in [0.2, 0.25) is 5.91 Å². The lowest BCUT2D eigenvalue weighted by Gasteiger charge is -2.18. The largest absolute Gasteiger partial charge is 0.434 e. The van der Waals surface area contributed by atoms with Gasteiger partial charge in [0.05, 0.1) is 0 Å². The number of para-hydroxylation sites is 1. The van der Waals surface area contributed by atoms with Crippen molar-refractivity contribution < 1.29 is 18.3 Å². The molecule has 1 aromatic rings. The highest BCUT2D eigenvalue weighted by atomic mass is 19.3. The van der Waals surface area contributed by atoms with E-state index in [1.807, 2.05) is 0 Å². The predicted octanol–water partition coefficient (Wildman–Crippen LogP) is 1.71. The molecule has 3 N–H and O–H groups in total. The highest BCUT2D eigenvalue weighted by Crippen LogP contribution is 2.26. The van der Waals surface area contributed by atoms with Crippen molar-refractivity contribution in [2.45, 2.75) is 12.7 Å². The third-order valence-corrected chi connectivity index (χ3v) is 2.35. The van der Waals surface area contributed by atoms with Gasteiger partial charge in [-0.15, -0.1) is 0 Å². The summed E-state index contributed by atoms with van der Waals surface area (Å²) in [6.45, 7) is -2.74. The van der Waals surface area contributed by atoms with Crippen molar-refractivity contribution in [2.75, 3.05) is 13.1 Å². The van der Waals surface area contributed by atoms with Gasteiger partial charge in [0.15, 0.2) is 0 Å². The van der Waals surface area contributed by atoms with E-state index in [-0.39, 0.29) is 24.4 Å². The molecule has 0 bridgehead atoms.